The van der Waals surface area contributed by atoms with Crippen LogP contribution in [-0.4, -0.2) is 23.1 Å². The number of carboxylic acid groups (broad SMARTS) is 1. The van der Waals surface area contributed by atoms with E-state index >= 15 is 0 Å². The summed E-state index contributed by atoms with van der Waals surface area (Å²) in [5.74, 6) is -0.740. The van der Waals surface area contributed by atoms with Crippen LogP contribution in [0.25, 0.3) is 0 Å². The Morgan fingerprint density at radius 2 is 0.875 bits per heavy atom. The van der Waals surface area contributed by atoms with Crippen molar-refractivity contribution in [2.24, 2.45) is 0 Å². The van der Waals surface area contributed by atoms with Crippen molar-refractivity contribution in [1.29, 1.82) is 0 Å². The maximum Gasteiger partial charge on any atom is 0.306 e. The number of carbonyl (C=O) groups excluding carboxylic acids is 1. The number of carboxylic acids is 1. The number of carbonyl (C=O) groups is 2. The number of unbranched alkanes of at least 4 members (excludes halogenated alkanes) is 17. The second kappa shape index (κ2) is 39.1. The molecule has 48 heavy (non-hydrogen) atoms. The molecule has 0 fully saturated rings. The quantitative estimate of drug-likeness (QED) is 0.0410. The molecule has 1 atom stereocenters. The average molecular weight is 669 g/mol. The zero-order chi connectivity index (χ0) is 35.0. The highest BCUT2D eigenvalue weighted by molar-refractivity contribution is 5.69. The lowest BCUT2D eigenvalue weighted by molar-refractivity contribution is -0.150. The minimum atomic E-state index is -0.699. The second-order valence-corrected chi connectivity index (χ2v) is 13.4. The lowest BCUT2D eigenvalue weighted by Crippen LogP contribution is -2.18. The van der Waals surface area contributed by atoms with Crippen molar-refractivity contribution in [1.82, 2.24) is 0 Å². The lowest BCUT2D eigenvalue weighted by Gasteiger charge is -2.18. The maximum absolute atomic E-state index is 12.7. The fraction of sp³-hybridized carbons (Fsp3) is 0.727. The molecule has 0 radical (unpaired) electrons. The molecule has 1 unspecified atom stereocenters. The topological polar surface area (TPSA) is 63.6 Å². The van der Waals surface area contributed by atoms with Gasteiger partial charge in [0.15, 0.2) is 0 Å². The summed E-state index contributed by atoms with van der Waals surface area (Å²) in [4.78, 5) is 23.4. The zero-order valence-corrected chi connectivity index (χ0v) is 31.5. The van der Waals surface area contributed by atoms with Gasteiger partial charge in [-0.25, -0.2) is 0 Å². The summed E-state index contributed by atoms with van der Waals surface area (Å²) in [6.45, 7) is 4.43. The van der Waals surface area contributed by atoms with E-state index in [0.717, 1.165) is 103 Å². The van der Waals surface area contributed by atoms with E-state index in [-0.39, 0.29) is 18.5 Å². The SMILES string of the molecule is CC/C=C\C/C=C\C/C=C\C/C=C\C/C=C\CCCC(=O)OC(CCCCCCCCCCCCCC)CCCCCCCCC(=O)O. The largest absolute Gasteiger partial charge is 0.481 e. The minimum absolute atomic E-state index is 0.0417. The first-order chi connectivity index (χ1) is 23.6. The van der Waals surface area contributed by atoms with Crippen molar-refractivity contribution in [3.05, 3.63) is 60.8 Å². The Morgan fingerprint density at radius 3 is 1.31 bits per heavy atom. The number of hydrogen-bond acceptors (Lipinski definition) is 3. The van der Waals surface area contributed by atoms with E-state index in [1.54, 1.807) is 0 Å². The van der Waals surface area contributed by atoms with E-state index in [0.29, 0.717) is 6.42 Å². The van der Waals surface area contributed by atoms with Gasteiger partial charge in [-0.15, -0.1) is 0 Å². The number of esters is 1. The first-order valence-electron chi connectivity index (χ1n) is 20.3. The van der Waals surface area contributed by atoms with Crippen LogP contribution in [0.4, 0.5) is 0 Å². The molecular formula is C44H76O4. The molecule has 0 aromatic rings. The Hall–Kier alpha value is -2.36. The predicted molar refractivity (Wildman–Crippen MR) is 208 cm³/mol. The maximum atomic E-state index is 12.7. The van der Waals surface area contributed by atoms with Crippen LogP contribution in [-0.2, 0) is 14.3 Å². The monoisotopic (exact) mass is 669 g/mol. The standard InChI is InChI=1S/C44H76O4/c1-3-5-7-9-11-13-15-17-18-19-20-21-23-25-27-33-37-41-44(47)48-42(39-35-31-28-29-32-36-40-43(45)46)38-34-30-26-24-22-16-14-12-10-8-6-4-2/h5,7,11,13,17-18,20-21,25,27,42H,3-4,6,8-10,12,14-16,19,22-24,26,28-41H2,1-2H3,(H,45,46)/b7-5-,13-11-,18-17-,21-20-,27-25-. The third-order valence-electron chi connectivity index (χ3n) is 8.75. The van der Waals surface area contributed by atoms with Crippen LogP contribution in [0, 0.1) is 0 Å². The molecule has 4 nitrogen and oxygen atoms in total. The molecule has 0 saturated carbocycles. The molecule has 0 aliphatic carbocycles. The summed E-state index contributed by atoms with van der Waals surface area (Å²) in [5, 5.41) is 8.80. The molecule has 276 valence electrons. The van der Waals surface area contributed by atoms with Gasteiger partial charge in [-0.3, -0.25) is 9.59 Å². The van der Waals surface area contributed by atoms with E-state index in [1.165, 1.54) is 70.6 Å². The first-order valence-corrected chi connectivity index (χ1v) is 20.3. The molecular weight excluding hydrogens is 592 g/mol. The van der Waals surface area contributed by atoms with Gasteiger partial charge in [0, 0.05) is 12.8 Å². The molecule has 1 N–H and O–H groups in total. The van der Waals surface area contributed by atoms with Gasteiger partial charge in [-0.05, 0) is 77.0 Å². The Kier molecular flexibility index (Phi) is 37.2. The number of allylic oxidation sites excluding steroid dienone is 10. The van der Waals surface area contributed by atoms with Gasteiger partial charge in [0.1, 0.15) is 6.10 Å². The van der Waals surface area contributed by atoms with Crippen molar-refractivity contribution in [3.8, 4) is 0 Å². The van der Waals surface area contributed by atoms with Crippen LogP contribution in [0.2, 0.25) is 0 Å². The summed E-state index contributed by atoms with van der Waals surface area (Å²) in [7, 11) is 0. The number of rotatable bonds is 36. The lowest BCUT2D eigenvalue weighted by atomic mass is 10.0. The Bertz CT molecular complexity index is 850. The van der Waals surface area contributed by atoms with Gasteiger partial charge in [0.05, 0.1) is 0 Å². The third kappa shape index (κ3) is 38.1. The summed E-state index contributed by atoms with van der Waals surface area (Å²) in [6.07, 6.45) is 53.8. The third-order valence-corrected chi connectivity index (χ3v) is 8.75. The van der Waals surface area contributed by atoms with E-state index in [1.807, 2.05) is 0 Å². The molecule has 4 heteroatoms. The van der Waals surface area contributed by atoms with Crippen molar-refractivity contribution in [3.63, 3.8) is 0 Å². The fourth-order valence-corrected chi connectivity index (χ4v) is 5.81. The zero-order valence-electron chi connectivity index (χ0n) is 31.5. The Morgan fingerprint density at radius 1 is 0.479 bits per heavy atom. The van der Waals surface area contributed by atoms with Gasteiger partial charge >= 0.3 is 11.9 Å². The van der Waals surface area contributed by atoms with Gasteiger partial charge < -0.3 is 9.84 Å². The van der Waals surface area contributed by atoms with Crippen molar-refractivity contribution < 1.29 is 19.4 Å². The second-order valence-electron chi connectivity index (χ2n) is 13.4. The number of aliphatic carboxylic acids is 1. The normalized spacial score (nSPS) is 12.9. The van der Waals surface area contributed by atoms with Gasteiger partial charge in [-0.2, -0.15) is 0 Å². The molecule has 0 aromatic heterocycles. The first kappa shape index (κ1) is 45.6. The highest BCUT2D eigenvalue weighted by Crippen LogP contribution is 2.19. The van der Waals surface area contributed by atoms with Crippen LogP contribution in [0.1, 0.15) is 200 Å². The van der Waals surface area contributed by atoms with E-state index in [4.69, 9.17) is 9.84 Å². The van der Waals surface area contributed by atoms with Gasteiger partial charge in [-0.1, -0.05) is 171 Å². The predicted octanol–water partition coefficient (Wildman–Crippen LogP) is 14.1. The van der Waals surface area contributed by atoms with E-state index < -0.39 is 5.97 Å². The summed E-state index contributed by atoms with van der Waals surface area (Å²) >= 11 is 0. The molecule has 0 bridgehead atoms. The van der Waals surface area contributed by atoms with Crippen LogP contribution in [0.5, 0.6) is 0 Å². The minimum Gasteiger partial charge on any atom is -0.481 e. The summed E-state index contributed by atoms with van der Waals surface area (Å²) in [6, 6.07) is 0. The fourth-order valence-electron chi connectivity index (χ4n) is 5.81. The summed E-state index contributed by atoms with van der Waals surface area (Å²) in [5.41, 5.74) is 0. The van der Waals surface area contributed by atoms with Crippen molar-refractivity contribution in [2.45, 2.75) is 206 Å². The van der Waals surface area contributed by atoms with Crippen molar-refractivity contribution >= 4 is 11.9 Å². The van der Waals surface area contributed by atoms with Crippen LogP contribution in [0.15, 0.2) is 60.8 Å². The molecule has 0 aromatic carbocycles. The molecule has 0 aliphatic rings. The molecule has 0 amide bonds. The number of ether oxygens (including phenoxy) is 1. The summed E-state index contributed by atoms with van der Waals surface area (Å²) < 4.78 is 6.00. The molecule has 0 rings (SSSR count). The van der Waals surface area contributed by atoms with E-state index in [9.17, 15) is 9.59 Å². The molecule has 0 saturated heterocycles. The van der Waals surface area contributed by atoms with Gasteiger partial charge in [0.2, 0.25) is 0 Å². The highest BCUT2D eigenvalue weighted by atomic mass is 16.5. The Balaban J connectivity index is 4.19. The Labute approximate surface area is 297 Å². The van der Waals surface area contributed by atoms with Gasteiger partial charge in [0.25, 0.3) is 0 Å². The van der Waals surface area contributed by atoms with Crippen molar-refractivity contribution in [2.75, 3.05) is 0 Å². The number of hydrogen-bond donors (Lipinski definition) is 1. The molecule has 0 aliphatic heterocycles. The highest BCUT2D eigenvalue weighted by Gasteiger charge is 2.14. The van der Waals surface area contributed by atoms with Crippen LogP contribution < -0.4 is 0 Å². The average Bonchev–Trinajstić information content (AvgIpc) is 3.07. The van der Waals surface area contributed by atoms with Crippen LogP contribution in [0.3, 0.4) is 0 Å². The molecule has 0 heterocycles. The van der Waals surface area contributed by atoms with E-state index in [2.05, 4.69) is 74.6 Å². The smallest absolute Gasteiger partial charge is 0.306 e. The molecule has 0 spiro atoms. The van der Waals surface area contributed by atoms with Crippen LogP contribution >= 0.6 is 0 Å².